The van der Waals surface area contributed by atoms with Gasteiger partial charge in [-0.05, 0) is 201 Å². The van der Waals surface area contributed by atoms with Crippen LogP contribution in [0, 0.1) is 23.4 Å². The highest BCUT2D eigenvalue weighted by molar-refractivity contribution is 7.91. The first-order valence-electron chi connectivity index (χ1n) is 40.2. The third-order valence-electron chi connectivity index (χ3n) is 21.6. The molecule has 0 atom stereocenters. The molecule has 1 saturated heterocycles. The van der Waals surface area contributed by atoms with Crippen molar-refractivity contribution < 1.29 is 114 Å². The number of alkyl halides is 18. The Morgan fingerprint density at radius 2 is 0.704 bits per heavy atom. The monoisotopic (exact) mass is 1950 g/mol. The molecule has 47 heteroatoms. The molecule has 0 aliphatic carbocycles. The zero-order valence-corrected chi connectivity index (χ0v) is 71.5. The van der Waals surface area contributed by atoms with E-state index in [1.807, 2.05) is 10.2 Å². The van der Waals surface area contributed by atoms with E-state index >= 15 is 0 Å². The van der Waals surface area contributed by atoms with Crippen molar-refractivity contribution in [3.63, 3.8) is 0 Å². The fraction of sp³-hybridized carbons (Fsp3) is 0.261. The number of nitrogens with zero attached hydrogens (tertiary/aromatic N) is 9. The molecule has 0 amide bonds. The second-order valence-corrected chi connectivity index (χ2v) is 35.0. The van der Waals surface area contributed by atoms with Crippen LogP contribution in [0.4, 0.5) is 92.2 Å². The van der Waals surface area contributed by atoms with Gasteiger partial charge in [-0.1, -0.05) is 72.8 Å². The van der Waals surface area contributed by atoms with E-state index in [1.165, 1.54) is 109 Å². The molecule has 0 radical (unpaired) electrons. The van der Waals surface area contributed by atoms with Crippen molar-refractivity contribution in [2.45, 2.75) is 111 Å². The van der Waals surface area contributed by atoms with Gasteiger partial charge in [0.2, 0.25) is 0 Å². The molecule has 10 heterocycles. The Labute approximate surface area is 748 Å². The fourth-order valence-corrected chi connectivity index (χ4v) is 15.7. The number of allylic oxidation sites excluding steroid dienone is 2. The SMILES string of the molecule is CS(=O)(=O)c1ccc(-c2[nH]n(-c3cc(C(F)(F)F)[nH]n3)c(=O)c2CCC2CCOCC2)cc1.CS(=O)(=O)c1ccc(-c2[nH]n(-c3cc(C(F)(F)F)[nH]n3)c(=O)c2CCc2ccc(F)cc2)cc1.O=c1c(CCc2ccc(F)cc2)c(-c2ccc(C(F)(F)F)cc2)[nH]n1C1=CC(C(F)(F)F)=NC1.O=c1c(CCc2ccc(F)cc2)c(-c2ccc(C(F)(F)F)cn2)[nH]n1C1=CC(C(F)(F)F)=NC1. The van der Waals surface area contributed by atoms with Crippen LogP contribution in [0.5, 0.6) is 0 Å². The number of aromatic nitrogens is 13. The van der Waals surface area contributed by atoms with E-state index in [1.54, 1.807) is 24.3 Å². The van der Waals surface area contributed by atoms with Gasteiger partial charge in [-0.2, -0.15) is 98.6 Å². The molecule has 0 unspecified atom stereocenters. The molecule has 6 N–H and O–H groups in total. The number of aryl methyl sites for hydroxylation is 3. The van der Waals surface area contributed by atoms with E-state index in [-0.39, 0.29) is 104 Å². The molecule has 0 bridgehead atoms. The van der Waals surface area contributed by atoms with Gasteiger partial charge in [-0.3, -0.25) is 64.7 Å². The Morgan fingerprint density at radius 1 is 0.378 bits per heavy atom. The van der Waals surface area contributed by atoms with Crippen LogP contribution in [0.3, 0.4) is 0 Å². The van der Waals surface area contributed by atoms with E-state index in [2.05, 4.69) is 45.6 Å². The summed E-state index contributed by atoms with van der Waals surface area (Å²) in [6, 6.07) is 35.9. The maximum atomic E-state index is 13.2. The van der Waals surface area contributed by atoms with Crippen LogP contribution in [0.2, 0.25) is 0 Å². The summed E-state index contributed by atoms with van der Waals surface area (Å²) in [6.45, 7) is 0.524. The molecule has 7 aromatic heterocycles. The summed E-state index contributed by atoms with van der Waals surface area (Å²) in [7, 11) is -6.85. The van der Waals surface area contributed by atoms with E-state index in [0.29, 0.717) is 89.9 Å². The van der Waals surface area contributed by atoms with Crippen LogP contribution in [-0.2, 0) is 94.1 Å². The third-order valence-corrected chi connectivity index (χ3v) is 23.9. The molecule has 135 heavy (non-hydrogen) atoms. The zero-order valence-electron chi connectivity index (χ0n) is 69.8. The quantitative estimate of drug-likeness (QED) is 0.0345. The Morgan fingerprint density at radius 3 is 1.02 bits per heavy atom. The van der Waals surface area contributed by atoms with Crippen LogP contribution < -0.4 is 22.2 Å². The van der Waals surface area contributed by atoms with Gasteiger partial charge in [-0.15, -0.1) is 0 Å². The lowest BCUT2D eigenvalue weighted by molar-refractivity contribution is -0.142. The number of aliphatic imine (C=N–C) groups is 2. The highest BCUT2D eigenvalue weighted by Crippen LogP contribution is 2.38. The molecule has 1 fully saturated rings. The molecule has 3 aliphatic rings. The number of pyridine rings is 1. The zero-order chi connectivity index (χ0) is 97.8. The minimum absolute atomic E-state index is 0.00789. The molecule has 0 spiro atoms. The molecule has 712 valence electrons. The largest absolute Gasteiger partial charge is 0.432 e. The van der Waals surface area contributed by atoms with Crippen LogP contribution in [0.25, 0.3) is 68.2 Å². The molecular formula is C88H72F21N15O9S2. The van der Waals surface area contributed by atoms with Gasteiger partial charge >= 0.3 is 37.1 Å². The maximum absolute atomic E-state index is 13.2. The van der Waals surface area contributed by atoms with Crippen molar-refractivity contribution in [1.29, 1.82) is 0 Å². The average molecular weight is 1950 g/mol. The predicted octanol–water partition coefficient (Wildman–Crippen LogP) is 17.9. The summed E-state index contributed by atoms with van der Waals surface area (Å²) in [5.74, 6) is -1.40. The second kappa shape index (κ2) is 39.4. The van der Waals surface area contributed by atoms with Gasteiger partial charge in [0, 0.05) is 66.3 Å². The van der Waals surface area contributed by atoms with E-state index < -0.39 is 137 Å². The third kappa shape index (κ3) is 24.0. The Bertz CT molecular complexity index is 6880. The van der Waals surface area contributed by atoms with Crippen LogP contribution in [0.1, 0.15) is 80.7 Å². The molecule has 13 aromatic rings. The Hall–Kier alpha value is -13.9. The number of aromatic amines is 6. The van der Waals surface area contributed by atoms with Crippen LogP contribution in [0.15, 0.2) is 227 Å². The lowest BCUT2D eigenvalue weighted by atomic mass is 9.92. The normalized spacial score (nSPS) is 14.2. The van der Waals surface area contributed by atoms with Gasteiger partial charge in [0.25, 0.3) is 22.2 Å². The molecule has 16 rings (SSSR count). The topological polar surface area (TPSA) is 324 Å². The number of H-pyrrole nitrogens is 6. The maximum Gasteiger partial charge on any atom is 0.432 e. The Balaban J connectivity index is 0.000000152. The lowest BCUT2D eigenvalue weighted by Crippen LogP contribution is -2.21. The minimum atomic E-state index is -4.69. The molecular weight excluding hydrogens is 1870 g/mol. The highest BCUT2D eigenvalue weighted by atomic mass is 32.2. The molecule has 0 saturated carbocycles. The van der Waals surface area contributed by atoms with Gasteiger partial charge in [0.1, 0.15) is 40.3 Å². The van der Waals surface area contributed by atoms with Crippen molar-refractivity contribution in [2.75, 3.05) is 38.8 Å². The van der Waals surface area contributed by atoms with Crippen molar-refractivity contribution in [2.24, 2.45) is 15.9 Å². The standard InChI is InChI=1S/C23H16F7N3O.C22H15F7N4O.C22H18F4N4O3S.C21H23F3N4O4S/c24-16-8-1-13(2-9-16)3-10-18-20(14-4-6-15(7-5-14)22(25,26)27)32-33(21(18)34)17-11-19(31-12-17)23(28,29)30;23-14-5-1-12(2-6-14)3-7-16-19(17-8-4-13(10-30-17)21(24,25)26)32-33(20(16)34)15-9-18(31-11-15)22(27,28)29;1-34(32,33)16-9-5-14(6-10-16)20-17(11-4-13-2-7-15(23)8-3-13)21(31)30(29-20)19-12-18(27-28-19)22(24,25)26;1-33(30,31)15-5-3-14(4-6-15)19-16(7-2-13-8-10-32-11-9-13)20(29)28(27-19)18-12-17(25-26-18)21(22,23)24/h1-2,4-9,11,32H,3,10,12H2;1-2,4-6,8-10,32H,3,7,11H2;2-3,5-10,12,29H,4,11H2,1H3,(H,27,28);3-6,12-13,27H,2,7-11H2,1H3,(H,25,26). The van der Waals surface area contributed by atoms with Crippen LogP contribution >= 0.6 is 0 Å². The summed E-state index contributed by atoms with van der Waals surface area (Å²) >= 11 is 0. The number of nitrogens with one attached hydrogen (secondary N) is 6. The number of halogens is 21. The van der Waals surface area contributed by atoms with Crippen molar-refractivity contribution in [3.05, 3.63) is 309 Å². The van der Waals surface area contributed by atoms with Crippen molar-refractivity contribution in [1.82, 2.24) is 64.5 Å². The highest BCUT2D eigenvalue weighted by Gasteiger charge is 2.41. The van der Waals surface area contributed by atoms with Crippen LogP contribution in [-0.4, -0.2) is 144 Å². The van der Waals surface area contributed by atoms with Gasteiger partial charge < -0.3 is 4.74 Å². The number of sulfone groups is 2. The van der Waals surface area contributed by atoms with E-state index in [0.717, 1.165) is 98.5 Å². The van der Waals surface area contributed by atoms with Crippen molar-refractivity contribution in [3.8, 4) is 56.8 Å². The summed E-state index contributed by atoms with van der Waals surface area (Å²) in [4.78, 5) is 63.4. The van der Waals surface area contributed by atoms with Gasteiger partial charge in [0.15, 0.2) is 31.3 Å². The minimum Gasteiger partial charge on any atom is -0.381 e. The summed E-state index contributed by atoms with van der Waals surface area (Å²) in [5.41, 5.74) is -3.52. The smallest absolute Gasteiger partial charge is 0.381 e. The Kier molecular flexibility index (Phi) is 28.8. The predicted molar refractivity (Wildman–Crippen MR) is 451 cm³/mol. The lowest BCUT2D eigenvalue weighted by Gasteiger charge is -2.21. The first-order valence-corrected chi connectivity index (χ1v) is 44.0. The molecule has 24 nitrogen and oxygen atoms in total. The molecule has 3 aliphatic heterocycles. The first-order chi connectivity index (χ1) is 63.3. The average Bonchev–Trinajstić information content (AvgIpc) is 1.65. The second-order valence-electron chi connectivity index (χ2n) is 30.9. The van der Waals surface area contributed by atoms with Gasteiger partial charge in [-0.25, -0.2) is 39.4 Å². The number of hydrogen-bond acceptors (Lipinski definition) is 14. The number of ether oxygens (including phenoxy) is 1. The van der Waals surface area contributed by atoms with E-state index in [9.17, 15) is 128 Å². The summed E-state index contributed by atoms with van der Waals surface area (Å²) < 4.78 is 329. The number of rotatable bonds is 22. The fourth-order valence-electron chi connectivity index (χ4n) is 14.5. The van der Waals surface area contributed by atoms with Crippen molar-refractivity contribution >= 4 is 42.5 Å². The number of benzene rings is 6. The number of hydrogen-bond donors (Lipinski definition) is 6. The van der Waals surface area contributed by atoms with E-state index in [4.69, 9.17) is 4.74 Å². The summed E-state index contributed by atoms with van der Waals surface area (Å²) in [6.07, 6.45) is -19.4. The molecule has 6 aromatic carbocycles. The summed E-state index contributed by atoms with van der Waals surface area (Å²) in [5, 5.41) is 22.1. The van der Waals surface area contributed by atoms with Gasteiger partial charge in [0.05, 0.1) is 73.9 Å². The first kappa shape index (κ1) is 98.6.